The minimum Gasteiger partial charge on any atom is -0.489 e. The predicted octanol–water partition coefficient (Wildman–Crippen LogP) is 4.48. The molecule has 10 heteroatoms. The van der Waals surface area contributed by atoms with Crippen molar-refractivity contribution in [2.45, 2.75) is 77.4 Å². The van der Waals surface area contributed by atoms with E-state index < -0.39 is 41.7 Å². The first-order chi connectivity index (χ1) is 18.2. The van der Waals surface area contributed by atoms with E-state index in [1.807, 2.05) is 30.3 Å². The average molecular weight is 551 g/mol. The summed E-state index contributed by atoms with van der Waals surface area (Å²) < 4.78 is 46.4. The number of carbonyl (C=O) groups is 2. The number of amides is 2. The number of benzene rings is 2. The van der Waals surface area contributed by atoms with Crippen LogP contribution in [0.4, 0.5) is 13.6 Å². The molecule has 0 aromatic heterocycles. The number of alkyl halides is 2. The Bertz CT molecular complexity index is 1040. The number of hydrogen-bond acceptors (Lipinski definition) is 6. The zero-order valence-corrected chi connectivity index (χ0v) is 23.4. The minimum atomic E-state index is -4.22. The van der Waals surface area contributed by atoms with Gasteiger partial charge in [0.1, 0.15) is 24.1 Å². The van der Waals surface area contributed by atoms with Crippen LogP contribution in [0.1, 0.15) is 45.7 Å². The second-order valence-corrected chi connectivity index (χ2v) is 10.7. The fraction of sp³-hybridized carbons (Fsp3) is 0.517. The third-order valence-electron chi connectivity index (χ3n) is 5.85. The van der Waals surface area contributed by atoms with Gasteiger partial charge in [0.2, 0.25) is 0 Å². The van der Waals surface area contributed by atoms with Crippen molar-refractivity contribution in [1.82, 2.24) is 10.6 Å². The van der Waals surface area contributed by atoms with Crippen LogP contribution in [0.15, 0.2) is 54.6 Å². The van der Waals surface area contributed by atoms with Gasteiger partial charge in [-0.3, -0.25) is 4.79 Å². The van der Waals surface area contributed by atoms with Crippen LogP contribution in [0.5, 0.6) is 5.75 Å². The third-order valence-corrected chi connectivity index (χ3v) is 5.85. The summed E-state index contributed by atoms with van der Waals surface area (Å²) >= 11 is 0. The molecule has 2 aromatic carbocycles. The Morgan fingerprint density at radius 3 is 2.08 bits per heavy atom. The minimum absolute atomic E-state index is 0.0217. The number of carbonyl (C=O) groups excluding carboxylic acids is 2. The fourth-order valence-electron chi connectivity index (χ4n) is 3.65. The molecule has 8 nitrogen and oxygen atoms in total. The Morgan fingerprint density at radius 1 is 0.923 bits per heavy atom. The molecule has 0 aliphatic rings. The number of halogens is 2. The zero-order valence-electron chi connectivity index (χ0n) is 23.4. The highest BCUT2D eigenvalue weighted by Crippen LogP contribution is 2.25. The van der Waals surface area contributed by atoms with Crippen molar-refractivity contribution in [3.05, 3.63) is 65.7 Å². The summed E-state index contributed by atoms with van der Waals surface area (Å²) in [6.45, 7) is 8.73. The SMILES string of the molecule is COC[C@H](NC(=O)C(F)(F)C(O)C(Cc1ccc(OCc2ccccc2)cc1)NC(=O)OC(C)(C)C)C(C)C. The fourth-order valence-corrected chi connectivity index (χ4v) is 3.65. The number of alkyl carbamates (subject to hydrolysis) is 1. The van der Waals surface area contributed by atoms with Crippen molar-refractivity contribution >= 4 is 12.0 Å². The summed E-state index contributed by atoms with van der Waals surface area (Å²) in [6, 6.07) is 13.9. The summed E-state index contributed by atoms with van der Waals surface area (Å²) in [5, 5.41) is 15.3. The molecule has 0 radical (unpaired) electrons. The van der Waals surface area contributed by atoms with Crippen molar-refractivity contribution in [2.24, 2.45) is 5.92 Å². The highest BCUT2D eigenvalue weighted by Gasteiger charge is 2.51. The molecular formula is C29H40F2N2O6. The van der Waals surface area contributed by atoms with Crippen LogP contribution in [0.3, 0.4) is 0 Å². The number of methoxy groups -OCH3 is 1. The molecule has 2 aromatic rings. The lowest BCUT2D eigenvalue weighted by molar-refractivity contribution is -0.168. The van der Waals surface area contributed by atoms with Gasteiger partial charge >= 0.3 is 12.0 Å². The largest absolute Gasteiger partial charge is 0.489 e. The Morgan fingerprint density at radius 2 is 1.54 bits per heavy atom. The zero-order chi connectivity index (χ0) is 29.2. The standard InChI is InChI=1S/C29H40F2N2O6/c1-19(2)24(18-37-6)32-26(35)29(30,31)25(34)23(33-27(36)39-28(3,4)5)16-20-12-14-22(15-13-20)38-17-21-10-8-7-9-11-21/h7-15,19,23-25,34H,16-18H2,1-6H3,(H,32,35)(H,33,36)/t23?,24-,25?/m0/s1. The topological polar surface area (TPSA) is 106 Å². The van der Waals surface area contributed by atoms with Crippen molar-refractivity contribution in [3.63, 3.8) is 0 Å². The number of aliphatic hydroxyl groups excluding tert-OH is 1. The van der Waals surface area contributed by atoms with Crippen LogP contribution in [0.2, 0.25) is 0 Å². The van der Waals surface area contributed by atoms with E-state index in [1.54, 1.807) is 58.9 Å². The molecule has 39 heavy (non-hydrogen) atoms. The quantitative estimate of drug-likeness (QED) is 0.340. The molecule has 0 spiro atoms. The maximum atomic E-state index is 15.2. The summed E-state index contributed by atoms with van der Waals surface area (Å²) in [4.78, 5) is 25.0. The van der Waals surface area contributed by atoms with E-state index in [0.717, 1.165) is 5.56 Å². The maximum Gasteiger partial charge on any atom is 0.407 e. The van der Waals surface area contributed by atoms with Gasteiger partial charge in [0.05, 0.1) is 18.7 Å². The van der Waals surface area contributed by atoms with Gasteiger partial charge in [-0.1, -0.05) is 56.3 Å². The Hall–Kier alpha value is -3.24. The Labute approximate surface area is 229 Å². The monoisotopic (exact) mass is 550 g/mol. The number of ether oxygens (including phenoxy) is 3. The average Bonchev–Trinajstić information content (AvgIpc) is 2.86. The van der Waals surface area contributed by atoms with Gasteiger partial charge in [0, 0.05) is 7.11 Å². The van der Waals surface area contributed by atoms with Crippen molar-refractivity contribution in [2.75, 3.05) is 13.7 Å². The predicted molar refractivity (Wildman–Crippen MR) is 144 cm³/mol. The highest BCUT2D eigenvalue weighted by molar-refractivity contribution is 5.84. The Kier molecular flexibility index (Phi) is 11.7. The molecule has 2 rings (SSSR count). The molecule has 2 unspecified atom stereocenters. The van der Waals surface area contributed by atoms with E-state index >= 15 is 8.78 Å². The lowest BCUT2D eigenvalue weighted by atomic mass is 9.96. The third kappa shape index (κ3) is 10.4. The van der Waals surface area contributed by atoms with E-state index in [2.05, 4.69) is 10.6 Å². The lowest BCUT2D eigenvalue weighted by Crippen LogP contribution is -2.60. The normalized spacial score (nSPS) is 14.3. The molecule has 0 bridgehead atoms. The number of nitrogens with one attached hydrogen (secondary N) is 2. The smallest absolute Gasteiger partial charge is 0.407 e. The van der Waals surface area contributed by atoms with E-state index in [4.69, 9.17) is 14.2 Å². The van der Waals surface area contributed by atoms with E-state index in [1.165, 1.54) is 7.11 Å². The van der Waals surface area contributed by atoms with Gasteiger partial charge in [-0.25, -0.2) is 4.79 Å². The van der Waals surface area contributed by atoms with Gasteiger partial charge in [0.25, 0.3) is 5.91 Å². The van der Waals surface area contributed by atoms with E-state index in [0.29, 0.717) is 17.9 Å². The van der Waals surface area contributed by atoms with Crippen LogP contribution in [-0.4, -0.2) is 60.5 Å². The van der Waals surface area contributed by atoms with E-state index in [9.17, 15) is 14.7 Å². The lowest BCUT2D eigenvalue weighted by Gasteiger charge is -2.32. The highest BCUT2D eigenvalue weighted by atomic mass is 19.3. The first kappa shape index (κ1) is 32.0. The molecule has 0 heterocycles. The van der Waals surface area contributed by atoms with Gasteiger partial charge in [-0.2, -0.15) is 8.78 Å². The molecule has 3 N–H and O–H groups in total. The van der Waals surface area contributed by atoms with Crippen LogP contribution in [0, 0.1) is 5.92 Å². The van der Waals surface area contributed by atoms with Crippen molar-refractivity contribution in [1.29, 1.82) is 0 Å². The summed E-state index contributed by atoms with van der Waals surface area (Å²) in [6.07, 6.45) is -3.74. The molecule has 0 saturated heterocycles. The number of hydrogen-bond donors (Lipinski definition) is 3. The number of rotatable bonds is 13. The molecule has 2 amide bonds. The summed E-state index contributed by atoms with van der Waals surface area (Å²) in [5.41, 5.74) is 0.608. The van der Waals surface area contributed by atoms with Gasteiger partial charge in [-0.05, 0) is 56.4 Å². The second-order valence-electron chi connectivity index (χ2n) is 10.7. The molecule has 0 saturated carbocycles. The van der Waals surface area contributed by atoms with Crippen LogP contribution in [0.25, 0.3) is 0 Å². The molecule has 216 valence electrons. The van der Waals surface area contributed by atoms with Crippen LogP contribution >= 0.6 is 0 Å². The van der Waals surface area contributed by atoms with Crippen LogP contribution < -0.4 is 15.4 Å². The number of aliphatic hydroxyl groups is 1. The van der Waals surface area contributed by atoms with Crippen LogP contribution in [-0.2, 0) is 27.3 Å². The van der Waals surface area contributed by atoms with Gasteiger partial charge in [0.15, 0.2) is 0 Å². The first-order valence-corrected chi connectivity index (χ1v) is 12.8. The summed E-state index contributed by atoms with van der Waals surface area (Å²) in [7, 11) is 1.40. The molecule has 0 aliphatic carbocycles. The maximum absolute atomic E-state index is 15.2. The summed E-state index contributed by atoms with van der Waals surface area (Å²) in [5.74, 6) is -5.52. The molecule has 0 aliphatic heterocycles. The second kappa shape index (κ2) is 14.2. The van der Waals surface area contributed by atoms with Crippen molar-refractivity contribution in [3.8, 4) is 5.75 Å². The van der Waals surface area contributed by atoms with Gasteiger partial charge < -0.3 is 30.0 Å². The molecular weight excluding hydrogens is 510 g/mol. The van der Waals surface area contributed by atoms with Crippen molar-refractivity contribution < 1.29 is 37.7 Å². The molecule has 0 fully saturated rings. The van der Waals surface area contributed by atoms with E-state index in [-0.39, 0.29) is 18.9 Å². The first-order valence-electron chi connectivity index (χ1n) is 12.8. The Balaban J connectivity index is 2.19. The van der Waals surface area contributed by atoms with Gasteiger partial charge in [-0.15, -0.1) is 0 Å². The molecule has 3 atom stereocenters.